The van der Waals surface area contributed by atoms with E-state index >= 15 is 0 Å². The van der Waals surface area contributed by atoms with Gasteiger partial charge in [-0.1, -0.05) is 39.1 Å². The van der Waals surface area contributed by atoms with Crippen LogP contribution >= 0.6 is 39.1 Å². The molecular formula is C15H13BrCl2N2O. The van der Waals surface area contributed by atoms with Gasteiger partial charge in [-0.3, -0.25) is 4.98 Å². The second kappa shape index (κ2) is 6.13. The van der Waals surface area contributed by atoms with Crippen LogP contribution < -0.4 is 10.5 Å². The summed E-state index contributed by atoms with van der Waals surface area (Å²) in [7, 11) is 0. The summed E-state index contributed by atoms with van der Waals surface area (Å²) in [5, 5.41) is 0.991. The number of halogens is 3. The van der Waals surface area contributed by atoms with Crippen molar-refractivity contribution >= 4 is 39.1 Å². The van der Waals surface area contributed by atoms with E-state index in [2.05, 4.69) is 27.0 Å². The van der Waals surface area contributed by atoms with Gasteiger partial charge in [-0.05, 0) is 35.7 Å². The van der Waals surface area contributed by atoms with Gasteiger partial charge in [0.2, 0.25) is 0 Å². The Labute approximate surface area is 141 Å². The molecule has 1 aromatic carbocycles. The first-order valence-corrected chi connectivity index (χ1v) is 8.10. The van der Waals surface area contributed by atoms with Gasteiger partial charge in [-0.2, -0.15) is 0 Å². The Kier molecular flexibility index (Phi) is 4.41. The van der Waals surface area contributed by atoms with E-state index in [-0.39, 0.29) is 6.04 Å². The molecule has 0 aliphatic carbocycles. The highest BCUT2D eigenvalue weighted by molar-refractivity contribution is 9.10. The molecule has 1 atom stereocenters. The Morgan fingerprint density at radius 3 is 2.90 bits per heavy atom. The third-order valence-corrected chi connectivity index (χ3v) is 4.42. The minimum Gasteiger partial charge on any atom is -0.493 e. The lowest BCUT2D eigenvalue weighted by atomic mass is 10.00. The van der Waals surface area contributed by atoms with Crippen molar-refractivity contribution in [1.82, 2.24) is 4.98 Å². The average Bonchev–Trinajstić information content (AvgIpc) is 2.86. The smallest absolute Gasteiger partial charge is 0.125 e. The summed E-state index contributed by atoms with van der Waals surface area (Å²) in [5.41, 5.74) is 9.18. The number of hydrogen-bond acceptors (Lipinski definition) is 3. The fourth-order valence-electron chi connectivity index (χ4n) is 2.53. The summed E-state index contributed by atoms with van der Waals surface area (Å²) >= 11 is 15.6. The van der Waals surface area contributed by atoms with E-state index in [1.54, 1.807) is 12.3 Å². The quantitative estimate of drug-likeness (QED) is 0.852. The Morgan fingerprint density at radius 1 is 1.33 bits per heavy atom. The fourth-order valence-corrected chi connectivity index (χ4v) is 3.60. The highest BCUT2D eigenvalue weighted by Gasteiger charge is 2.21. The van der Waals surface area contributed by atoms with Crippen molar-refractivity contribution < 1.29 is 4.74 Å². The average molecular weight is 388 g/mol. The molecule has 0 saturated heterocycles. The molecule has 1 aliphatic rings. The molecule has 0 amide bonds. The van der Waals surface area contributed by atoms with Gasteiger partial charge in [0.05, 0.1) is 28.4 Å². The molecule has 1 aliphatic heterocycles. The summed E-state index contributed by atoms with van der Waals surface area (Å²) in [6.07, 6.45) is 3.09. The molecule has 1 unspecified atom stereocenters. The highest BCUT2D eigenvalue weighted by Crippen LogP contribution is 2.35. The number of pyridine rings is 1. The minimum atomic E-state index is -0.308. The minimum absolute atomic E-state index is 0.308. The Balaban J connectivity index is 1.90. The topological polar surface area (TPSA) is 48.1 Å². The Bertz CT molecular complexity index is 694. The van der Waals surface area contributed by atoms with E-state index in [1.165, 1.54) is 5.56 Å². The zero-order valence-corrected chi connectivity index (χ0v) is 14.2. The first-order chi connectivity index (χ1) is 10.0. The van der Waals surface area contributed by atoms with Crippen LogP contribution in [-0.4, -0.2) is 11.6 Å². The molecule has 21 heavy (non-hydrogen) atoms. The zero-order valence-electron chi connectivity index (χ0n) is 11.1. The second-order valence-corrected chi connectivity index (χ2v) is 6.74. The van der Waals surface area contributed by atoms with Crippen LogP contribution in [0.4, 0.5) is 0 Å². The molecule has 2 heterocycles. The van der Waals surface area contributed by atoms with Gasteiger partial charge in [0.1, 0.15) is 5.75 Å². The molecule has 3 nitrogen and oxygen atoms in total. The molecule has 110 valence electrons. The third kappa shape index (κ3) is 3.19. The van der Waals surface area contributed by atoms with Crippen LogP contribution in [0.5, 0.6) is 5.75 Å². The van der Waals surface area contributed by atoms with Gasteiger partial charge in [0.15, 0.2) is 0 Å². The van der Waals surface area contributed by atoms with E-state index < -0.39 is 0 Å². The monoisotopic (exact) mass is 386 g/mol. The van der Waals surface area contributed by atoms with Crippen LogP contribution in [0.3, 0.4) is 0 Å². The molecule has 2 aromatic rings. The maximum atomic E-state index is 6.26. The van der Waals surface area contributed by atoms with Crippen LogP contribution in [-0.2, 0) is 12.8 Å². The lowest BCUT2D eigenvalue weighted by molar-refractivity contribution is 0.352. The van der Waals surface area contributed by atoms with E-state index in [9.17, 15) is 0 Å². The first kappa shape index (κ1) is 15.1. The zero-order chi connectivity index (χ0) is 15.0. The van der Waals surface area contributed by atoms with Gasteiger partial charge in [0.25, 0.3) is 0 Å². The molecular weight excluding hydrogens is 375 g/mol. The Morgan fingerprint density at radius 2 is 2.14 bits per heavy atom. The largest absolute Gasteiger partial charge is 0.493 e. The second-order valence-electron chi connectivity index (χ2n) is 4.98. The fraction of sp³-hybridized carbons (Fsp3) is 0.267. The number of rotatable bonds is 3. The molecule has 0 saturated carbocycles. The van der Waals surface area contributed by atoms with Crippen LogP contribution in [0, 0.1) is 0 Å². The summed E-state index contributed by atoms with van der Waals surface area (Å²) < 4.78 is 6.75. The van der Waals surface area contributed by atoms with Crippen molar-refractivity contribution in [3.63, 3.8) is 0 Å². The van der Waals surface area contributed by atoms with Crippen LogP contribution in [0.25, 0.3) is 0 Å². The number of nitrogens with two attached hydrogens (primary N) is 1. The number of fused-ring (bicyclic) bond motifs is 1. The van der Waals surface area contributed by atoms with Crippen molar-refractivity contribution in [3.05, 3.63) is 55.7 Å². The van der Waals surface area contributed by atoms with Gasteiger partial charge in [-0.25, -0.2) is 0 Å². The van der Waals surface area contributed by atoms with Crippen molar-refractivity contribution in [2.75, 3.05) is 6.61 Å². The molecule has 1 aromatic heterocycles. The van der Waals surface area contributed by atoms with E-state index in [4.69, 9.17) is 33.7 Å². The molecule has 0 spiro atoms. The number of hydrogen-bond donors (Lipinski definition) is 1. The summed E-state index contributed by atoms with van der Waals surface area (Å²) in [6.45, 7) is 0.716. The summed E-state index contributed by atoms with van der Waals surface area (Å²) in [5.74, 6) is 0.943. The predicted octanol–water partition coefficient (Wildman–Crippen LogP) is 4.33. The number of ether oxygens (including phenoxy) is 1. The van der Waals surface area contributed by atoms with E-state index in [0.717, 1.165) is 22.2 Å². The Hall–Kier alpha value is -0.810. The maximum Gasteiger partial charge on any atom is 0.125 e. The lowest BCUT2D eigenvalue weighted by Gasteiger charge is -2.15. The van der Waals surface area contributed by atoms with Crippen molar-refractivity contribution in [3.8, 4) is 5.75 Å². The van der Waals surface area contributed by atoms with Crippen LogP contribution in [0.1, 0.15) is 22.9 Å². The molecule has 0 radical (unpaired) electrons. The maximum absolute atomic E-state index is 6.26. The predicted molar refractivity (Wildman–Crippen MR) is 88.2 cm³/mol. The normalized spacial score (nSPS) is 14.7. The standard InChI is InChI=1S/C15H13BrCl2N2O/c16-10-3-8-1-2-21-15(8)9(4-10)5-13(19)14-12(18)6-11(17)7-20-14/h3-4,6-7,13H,1-2,5,19H2. The number of benzene rings is 1. The van der Waals surface area contributed by atoms with Gasteiger partial charge in [-0.15, -0.1) is 0 Å². The van der Waals surface area contributed by atoms with Gasteiger partial charge >= 0.3 is 0 Å². The number of nitrogens with zero attached hydrogens (tertiary/aromatic N) is 1. The van der Waals surface area contributed by atoms with Crippen LogP contribution in [0.2, 0.25) is 10.0 Å². The SMILES string of the molecule is NC(Cc1cc(Br)cc2c1OCC2)c1ncc(Cl)cc1Cl. The molecule has 0 fully saturated rings. The summed E-state index contributed by atoms with van der Waals surface area (Å²) in [4.78, 5) is 4.25. The van der Waals surface area contributed by atoms with E-state index in [1.807, 2.05) is 6.07 Å². The van der Waals surface area contributed by atoms with Crippen molar-refractivity contribution in [2.45, 2.75) is 18.9 Å². The van der Waals surface area contributed by atoms with Crippen LogP contribution in [0.15, 0.2) is 28.9 Å². The third-order valence-electron chi connectivity index (χ3n) is 3.45. The van der Waals surface area contributed by atoms with Gasteiger partial charge in [0, 0.05) is 17.1 Å². The molecule has 6 heteroatoms. The van der Waals surface area contributed by atoms with Gasteiger partial charge < -0.3 is 10.5 Å². The van der Waals surface area contributed by atoms with Crippen molar-refractivity contribution in [2.24, 2.45) is 5.73 Å². The summed E-state index contributed by atoms with van der Waals surface area (Å²) in [6, 6.07) is 5.48. The highest BCUT2D eigenvalue weighted by atomic mass is 79.9. The molecule has 3 rings (SSSR count). The lowest BCUT2D eigenvalue weighted by Crippen LogP contribution is -2.16. The van der Waals surface area contributed by atoms with Crippen molar-refractivity contribution in [1.29, 1.82) is 0 Å². The molecule has 0 bridgehead atoms. The first-order valence-electron chi connectivity index (χ1n) is 6.55. The molecule has 2 N–H and O–H groups in total. The number of aromatic nitrogens is 1. The van der Waals surface area contributed by atoms with E-state index in [0.29, 0.717) is 28.8 Å².